The first-order valence-electron chi connectivity index (χ1n) is 18.5. The van der Waals surface area contributed by atoms with Gasteiger partial charge >= 0.3 is 0 Å². The molecule has 0 bridgehead atoms. The molecule has 51 heavy (non-hydrogen) atoms. The molecule has 2 atom stereocenters. The van der Waals surface area contributed by atoms with Crippen LogP contribution in [0.5, 0.6) is 0 Å². The second-order valence-corrected chi connectivity index (χ2v) is 19.3. The third-order valence-electron chi connectivity index (χ3n) is 10.7. The smallest absolute Gasteiger partial charge is 0.164 e. The van der Waals surface area contributed by atoms with Gasteiger partial charge in [-0.2, -0.15) is 0 Å². The van der Waals surface area contributed by atoms with Crippen molar-refractivity contribution in [3.8, 4) is 0 Å². The molecular formula is C47H62O4. The lowest BCUT2D eigenvalue weighted by molar-refractivity contribution is -0.172. The molecule has 0 aromatic heterocycles. The van der Waals surface area contributed by atoms with E-state index in [4.69, 9.17) is 9.47 Å². The zero-order valence-electron chi connectivity index (χ0n) is 33.6. The Hall–Kier alpha value is -3.28. The van der Waals surface area contributed by atoms with Crippen LogP contribution in [-0.2, 0) is 42.3 Å². The minimum atomic E-state index is -1.70. The van der Waals surface area contributed by atoms with Crippen LogP contribution >= 0.6 is 0 Å². The molecule has 4 nitrogen and oxygen atoms in total. The Bertz CT molecular complexity index is 1540. The summed E-state index contributed by atoms with van der Waals surface area (Å²) in [5.41, 5.74) is 3.65. The van der Waals surface area contributed by atoms with E-state index >= 15 is 0 Å². The Morgan fingerprint density at radius 1 is 0.353 bits per heavy atom. The van der Waals surface area contributed by atoms with Gasteiger partial charge in [-0.3, -0.25) is 0 Å². The van der Waals surface area contributed by atoms with Gasteiger partial charge in [0.1, 0.15) is 23.4 Å². The average Bonchev–Trinajstić information content (AvgIpc) is 3.38. The van der Waals surface area contributed by atoms with E-state index in [1.54, 1.807) is 0 Å². The maximum atomic E-state index is 13.5. The summed E-state index contributed by atoms with van der Waals surface area (Å²) >= 11 is 0. The third kappa shape index (κ3) is 7.62. The highest BCUT2D eigenvalue weighted by molar-refractivity contribution is 5.47. The van der Waals surface area contributed by atoms with Crippen LogP contribution in [0.15, 0.2) is 97.1 Å². The van der Waals surface area contributed by atoms with Gasteiger partial charge in [0.05, 0.1) is 0 Å². The standard InChI is InChI=1S/C47H62O4/c1-41(2,3)31-15-23-35(24-16-31)46(48,36-25-17-32(18-26-36)42(4,5)6)39-40(51-45(13,14)50-39)47(49,37-27-19-33(20-28-37)43(7,8)9)38-29-21-34(22-30-38)44(10,11)12/h15-30,39-40,48-49H,1-14H3/t39-,40-/m1/s1. The van der Waals surface area contributed by atoms with E-state index in [9.17, 15) is 10.2 Å². The molecule has 1 fully saturated rings. The first kappa shape index (κ1) is 38.9. The van der Waals surface area contributed by atoms with E-state index < -0.39 is 29.2 Å². The minimum absolute atomic E-state index is 0.0683. The van der Waals surface area contributed by atoms with E-state index in [1.807, 2.05) is 62.4 Å². The lowest BCUT2D eigenvalue weighted by atomic mass is 9.70. The number of hydrogen-bond donors (Lipinski definition) is 2. The topological polar surface area (TPSA) is 58.9 Å². The van der Waals surface area contributed by atoms with Gasteiger partial charge in [-0.15, -0.1) is 0 Å². The molecule has 0 unspecified atom stereocenters. The van der Waals surface area contributed by atoms with Crippen molar-refractivity contribution in [2.75, 3.05) is 0 Å². The Balaban J connectivity index is 1.78. The predicted octanol–water partition coefficient (Wildman–Crippen LogP) is 10.6. The highest BCUT2D eigenvalue weighted by Gasteiger charge is 2.61. The fourth-order valence-corrected chi connectivity index (χ4v) is 7.26. The van der Waals surface area contributed by atoms with Crippen molar-refractivity contribution >= 4 is 0 Å². The van der Waals surface area contributed by atoms with Crippen LogP contribution in [0.25, 0.3) is 0 Å². The molecule has 0 aliphatic carbocycles. The molecule has 1 saturated heterocycles. The molecule has 2 N–H and O–H groups in total. The second-order valence-electron chi connectivity index (χ2n) is 19.3. The number of benzene rings is 4. The summed E-state index contributed by atoms with van der Waals surface area (Å²) in [5, 5.41) is 27.0. The third-order valence-corrected chi connectivity index (χ3v) is 10.7. The van der Waals surface area contributed by atoms with E-state index in [-0.39, 0.29) is 21.7 Å². The molecule has 4 aromatic carbocycles. The van der Waals surface area contributed by atoms with E-state index in [0.717, 1.165) is 22.3 Å². The molecular weight excluding hydrogens is 629 g/mol. The molecule has 0 amide bonds. The molecule has 1 heterocycles. The molecule has 0 radical (unpaired) electrons. The fourth-order valence-electron chi connectivity index (χ4n) is 7.26. The quantitative estimate of drug-likeness (QED) is 0.211. The largest absolute Gasteiger partial charge is 0.378 e. The summed E-state index contributed by atoms with van der Waals surface area (Å²) in [7, 11) is 0. The van der Waals surface area contributed by atoms with Crippen LogP contribution in [0.3, 0.4) is 0 Å². The van der Waals surface area contributed by atoms with Gasteiger partial charge in [-0.05, 0) is 80.0 Å². The van der Waals surface area contributed by atoms with Gasteiger partial charge in [0.25, 0.3) is 0 Å². The van der Waals surface area contributed by atoms with Crippen molar-refractivity contribution in [2.24, 2.45) is 0 Å². The number of aliphatic hydroxyl groups is 2. The van der Waals surface area contributed by atoms with Crippen molar-refractivity contribution in [1.82, 2.24) is 0 Å². The monoisotopic (exact) mass is 690 g/mol. The molecule has 0 saturated carbocycles. The van der Waals surface area contributed by atoms with Crippen LogP contribution in [-0.4, -0.2) is 28.2 Å². The van der Waals surface area contributed by atoms with Gasteiger partial charge in [0.15, 0.2) is 5.79 Å². The van der Waals surface area contributed by atoms with Crippen molar-refractivity contribution in [1.29, 1.82) is 0 Å². The molecule has 4 aromatic rings. The lowest BCUT2D eigenvalue weighted by Gasteiger charge is -2.43. The molecule has 274 valence electrons. The van der Waals surface area contributed by atoms with Crippen molar-refractivity contribution in [3.05, 3.63) is 142 Å². The highest BCUT2D eigenvalue weighted by atomic mass is 16.8. The van der Waals surface area contributed by atoms with Crippen LogP contribution in [0.2, 0.25) is 0 Å². The SMILES string of the molecule is CC1(C)O[C@@H](C(O)(c2ccc(C(C)(C)C)cc2)c2ccc(C(C)(C)C)cc2)[C@H](C(O)(c2ccc(C(C)(C)C)cc2)c2ccc(C(C)(C)C)cc2)O1. The van der Waals surface area contributed by atoms with E-state index in [2.05, 4.69) is 132 Å². The van der Waals surface area contributed by atoms with E-state index in [0.29, 0.717) is 22.3 Å². The summed E-state index contributed by atoms with van der Waals surface area (Å²) in [6, 6.07) is 32.7. The Labute approximate surface area is 308 Å². The lowest BCUT2D eigenvalue weighted by Crippen LogP contribution is -2.55. The van der Waals surface area contributed by atoms with Crippen molar-refractivity contribution in [2.45, 2.75) is 148 Å². The molecule has 5 rings (SSSR count). The normalized spacial score (nSPS) is 19.0. The maximum Gasteiger partial charge on any atom is 0.164 e. The molecule has 0 spiro atoms. The summed E-state index contributed by atoms with van der Waals surface area (Å²) in [4.78, 5) is 0. The zero-order chi connectivity index (χ0) is 38.0. The summed E-state index contributed by atoms with van der Waals surface area (Å²) in [5.74, 6) is -1.12. The molecule has 1 aliphatic heterocycles. The van der Waals surface area contributed by atoms with E-state index in [1.165, 1.54) is 0 Å². The minimum Gasteiger partial charge on any atom is -0.378 e. The van der Waals surface area contributed by atoms with Crippen molar-refractivity contribution in [3.63, 3.8) is 0 Å². The summed E-state index contributed by atoms with van der Waals surface area (Å²) in [6.45, 7) is 29.9. The maximum absolute atomic E-state index is 13.5. The zero-order valence-corrected chi connectivity index (χ0v) is 33.6. The van der Waals surface area contributed by atoms with Crippen LogP contribution in [0.4, 0.5) is 0 Å². The van der Waals surface area contributed by atoms with Crippen LogP contribution in [0, 0.1) is 0 Å². The van der Waals surface area contributed by atoms with Gasteiger partial charge in [-0.1, -0.05) is 180 Å². The summed E-state index contributed by atoms with van der Waals surface area (Å²) < 4.78 is 13.7. The summed E-state index contributed by atoms with van der Waals surface area (Å²) in [6.07, 6.45) is -2.02. The molecule has 4 heteroatoms. The number of hydrogen-bond acceptors (Lipinski definition) is 4. The predicted molar refractivity (Wildman–Crippen MR) is 210 cm³/mol. The first-order chi connectivity index (χ1) is 23.3. The Morgan fingerprint density at radius 2 is 0.510 bits per heavy atom. The molecule has 1 aliphatic rings. The number of ether oxygens (including phenoxy) is 2. The second kappa shape index (κ2) is 13.0. The highest BCUT2D eigenvalue weighted by Crippen LogP contribution is 2.51. The van der Waals surface area contributed by atoms with Crippen LogP contribution < -0.4 is 0 Å². The average molecular weight is 691 g/mol. The van der Waals surface area contributed by atoms with Crippen molar-refractivity contribution < 1.29 is 19.7 Å². The van der Waals surface area contributed by atoms with Gasteiger partial charge in [0.2, 0.25) is 0 Å². The van der Waals surface area contributed by atoms with Gasteiger partial charge in [0, 0.05) is 0 Å². The first-order valence-corrected chi connectivity index (χ1v) is 18.5. The Morgan fingerprint density at radius 3 is 0.667 bits per heavy atom. The van der Waals surface area contributed by atoms with Gasteiger partial charge < -0.3 is 19.7 Å². The van der Waals surface area contributed by atoms with Crippen LogP contribution in [0.1, 0.15) is 141 Å². The van der Waals surface area contributed by atoms with Gasteiger partial charge in [-0.25, -0.2) is 0 Å². The number of rotatable bonds is 6. The fraction of sp³-hybridized carbons (Fsp3) is 0.489. The Kier molecular flexibility index (Phi) is 9.92.